The number of anilines is 1. The maximum Gasteiger partial charge on any atom is 0.316 e. The van der Waals surface area contributed by atoms with Crippen LogP contribution in [0.25, 0.3) is 0 Å². The van der Waals surface area contributed by atoms with Crippen molar-refractivity contribution in [2.45, 2.75) is 31.1 Å². The van der Waals surface area contributed by atoms with Gasteiger partial charge in [0.2, 0.25) is 0 Å². The molecule has 138 valence electrons. The van der Waals surface area contributed by atoms with E-state index in [0.717, 1.165) is 31.0 Å². The molecule has 6 heteroatoms. The minimum Gasteiger partial charge on any atom is -0.455 e. The second-order valence-electron chi connectivity index (χ2n) is 5.73. The molecule has 2 aromatic rings. The SMILES string of the molecule is CCCCc1ccc(NC(=O)COC(=O)CSc2ccccc2F)cc1. The average Bonchev–Trinajstić information content (AvgIpc) is 2.65. The topological polar surface area (TPSA) is 55.4 Å². The van der Waals surface area contributed by atoms with Gasteiger partial charge in [-0.15, -0.1) is 11.8 Å². The second kappa shape index (κ2) is 10.6. The van der Waals surface area contributed by atoms with Crippen LogP contribution in [-0.2, 0) is 20.7 Å². The number of ether oxygens (including phenoxy) is 1. The van der Waals surface area contributed by atoms with E-state index in [-0.39, 0.29) is 18.2 Å². The lowest BCUT2D eigenvalue weighted by atomic mass is 10.1. The summed E-state index contributed by atoms with van der Waals surface area (Å²) in [6.45, 7) is 1.78. The monoisotopic (exact) mass is 375 g/mol. The Morgan fingerprint density at radius 1 is 1.12 bits per heavy atom. The number of hydrogen-bond donors (Lipinski definition) is 1. The maximum absolute atomic E-state index is 13.5. The van der Waals surface area contributed by atoms with Gasteiger partial charge in [-0.1, -0.05) is 37.6 Å². The zero-order valence-corrected chi connectivity index (χ0v) is 15.5. The first-order valence-corrected chi connectivity index (χ1v) is 9.48. The summed E-state index contributed by atoms with van der Waals surface area (Å²) in [5.41, 5.74) is 1.88. The summed E-state index contributed by atoms with van der Waals surface area (Å²) in [6.07, 6.45) is 3.29. The van der Waals surface area contributed by atoms with Crippen LogP contribution in [0.3, 0.4) is 0 Å². The van der Waals surface area contributed by atoms with Gasteiger partial charge in [0, 0.05) is 10.6 Å². The molecule has 0 aromatic heterocycles. The van der Waals surface area contributed by atoms with Crippen LogP contribution in [-0.4, -0.2) is 24.2 Å². The van der Waals surface area contributed by atoms with Crippen LogP contribution in [0, 0.1) is 5.82 Å². The van der Waals surface area contributed by atoms with Crippen LogP contribution in [0.2, 0.25) is 0 Å². The summed E-state index contributed by atoms with van der Waals surface area (Å²) in [6, 6.07) is 13.8. The molecule has 0 aliphatic heterocycles. The van der Waals surface area contributed by atoms with Crippen molar-refractivity contribution in [2.75, 3.05) is 17.7 Å². The Balaban J connectivity index is 1.70. The number of unbranched alkanes of at least 4 members (excludes halogenated alkanes) is 1. The number of hydrogen-bond acceptors (Lipinski definition) is 4. The summed E-state index contributed by atoms with van der Waals surface area (Å²) in [5, 5.41) is 2.68. The highest BCUT2D eigenvalue weighted by Crippen LogP contribution is 2.21. The minimum absolute atomic E-state index is 0.0552. The van der Waals surface area contributed by atoms with Crippen LogP contribution in [0.5, 0.6) is 0 Å². The van der Waals surface area contributed by atoms with Gasteiger partial charge in [0.1, 0.15) is 5.82 Å². The van der Waals surface area contributed by atoms with Gasteiger partial charge in [-0.3, -0.25) is 9.59 Å². The second-order valence-corrected chi connectivity index (χ2v) is 6.75. The van der Waals surface area contributed by atoms with E-state index in [2.05, 4.69) is 12.2 Å². The number of rotatable bonds is 9. The van der Waals surface area contributed by atoms with E-state index in [1.807, 2.05) is 24.3 Å². The zero-order valence-electron chi connectivity index (χ0n) is 14.7. The Morgan fingerprint density at radius 3 is 2.54 bits per heavy atom. The largest absolute Gasteiger partial charge is 0.455 e. The van der Waals surface area contributed by atoms with Gasteiger partial charge in [-0.2, -0.15) is 0 Å². The molecule has 0 aliphatic carbocycles. The Morgan fingerprint density at radius 2 is 1.85 bits per heavy atom. The Labute approximate surface area is 157 Å². The normalized spacial score (nSPS) is 10.4. The number of benzene rings is 2. The van der Waals surface area contributed by atoms with E-state index < -0.39 is 11.9 Å². The van der Waals surface area contributed by atoms with E-state index in [1.54, 1.807) is 18.2 Å². The van der Waals surface area contributed by atoms with Crippen LogP contribution >= 0.6 is 11.8 Å². The van der Waals surface area contributed by atoms with Gasteiger partial charge >= 0.3 is 5.97 Å². The third-order valence-corrected chi connectivity index (χ3v) is 4.63. The first-order valence-electron chi connectivity index (χ1n) is 8.50. The molecule has 0 aliphatic rings. The van der Waals surface area contributed by atoms with Crippen LogP contribution < -0.4 is 5.32 Å². The van der Waals surface area contributed by atoms with Crippen LogP contribution in [0.4, 0.5) is 10.1 Å². The summed E-state index contributed by atoms with van der Waals surface area (Å²) in [4.78, 5) is 23.9. The Hall–Kier alpha value is -2.34. The summed E-state index contributed by atoms with van der Waals surface area (Å²) in [7, 11) is 0. The first-order chi connectivity index (χ1) is 12.6. The highest BCUT2D eigenvalue weighted by Gasteiger charge is 2.10. The van der Waals surface area contributed by atoms with Crippen molar-refractivity contribution in [1.29, 1.82) is 0 Å². The fourth-order valence-electron chi connectivity index (χ4n) is 2.22. The molecule has 0 heterocycles. The number of amides is 1. The molecule has 0 radical (unpaired) electrons. The number of esters is 1. The number of carbonyl (C=O) groups excluding carboxylic acids is 2. The van der Waals surface area contributed by atoms with Crippen molar-refractivity contribution in [1.82, 2.24) is 0 Å². The van der Waals surface area contributed by atoms with Gasteiger partial charge in [0.25, 0.3) is 5.91 Å². The lowest BCUT2D eigenvalue weighted by Gasteiger charge is -2.08. The van der Waals surface area contributed by atoms with Crippen LogP contribution in [0.15, 0.2) is 53.4 Å². The van der Waals surface area contributed by atoms with Gasteiger partial charge < -0.3 is 10.1 Å². The summed E-state index contributed by atoms with van der Waals surface area (Å²) < 4.78 is 18.4. The number of halogens is 1. The summed E-state index contributed by atoms with van der Waals surface area (Å²) >= 11 is 1.04. The van der Waals surface area contributed by atoms with Crippen molar-refractivity contribution in [3.8, 4) is 0 Å². The molecule has 1 N–H and O–H groups in total. The van der Waals surface area contributed by atoms with E-state index in [1.165, 1.54) is 11.6 Å². The van der Waals surface area contributed by atoms with Crippen LogP contribution in [0.1, 0.15) is 25.3 Å². The molecule has 0 saturated carbocycles. The molecular formula is C20H22FNO3S. The molecule has 0 fully saturated rings. The lowest BCUT2D eigenvalue weighted by molar-refractivity contribution is -0.144. The molecular weight excluding hydrogens is 353 g/mol. The van der Waals surface area contributed by atoms with Gasteiger partial charge in [-0.05, 0) is 42.7 Å². The first kappa shape index (κ1) is 20.0. The van der Waals surface area contributed by atoms with Crippen molar-refractivity contribution in [2.24, 2.45) is 0 Å². The van der Waals surface area contributed by atoms with Crippen molar-refractivity contribution in [3.05, 3.63) is 59.9 Å². The molecule has 0 unspecified atom stereocenters. The molecule has 26 heavy (non-hydrogen) atoms. The average molecular weight is 375 g/mol. The van der Waals surface area contributed by atoms with Gasteiger partial charge in [0.05, 0.1) is 5.75 Å². The van der Waals surface area contributed by atoms with E-state index in [0.29, 0.717) is 10.6 Å². The standard InChI is InChI=1S/C20H22FNO3S/c1-2-3-6-15-9-11-16(12-10-15)22-19(23)13-25-20(24)14-26-18-8-5-4-7-17(18)21/h4-5,7-12H,2-3,6,13-14H2,1H3,(H,22,23). The summed E-state index contributed by atoms with van der Waals surface area (Å²) in [5.74, 6) is -1.41. The fraction of sp³-hybridized carbons (Fsp3) is 0.300. The van der Waals surface area contributed by atoms with Crippen molar-refractivity contribution in [3.63, 3.8) is 0 Å². The molecule has 0 saturated heterocycles. The zero-order chi connectivity index (χ0) is 18.8. The predicted octanol–water partition coefficient (Wildman–Crippen LogP) is 4.44. The molecule has 1 amide bonds. The smallest absolute Gasteiger partial charge is 0.316 e. The van der Waals surface area contributed by atoms with E-state index in [4.69, 9.17) is 4.74 Å². The number of nitrogens with one attached hydrogen (secondary N) is 1. The molecule has 0 spiro atoms. The molecule has 2 rings (SSSR count). The minimum atomic E-state index is -0.566. The van der Waals surface area contributed by atoms with Crippen molar-refractivity contribution < 1.29 is 18.7 Å². The van der Waals surface area contributed by atoms with E-state index >= 15 is 0 Å². The van der Waals surface area contributed by atoms with E-state index in [9.17, 15) is 14.0 Å². The molecule has 0 atom stereocenters. The highest BCUT2D eigenvalue weighted by molar-refractivity contribution is 8.00. The molecule has 0 bridgehead atoms. The predicted molar refractivity (Wildman–Crippen MR) is 102 cm³/mol. The number of aryl methyl sites for hydroxylation is 1. The van der Waals surface area contributed by atoms with Crippen molar-refractivity contribution >= 4 is 29.3 Å². The fourth-order valence-corrected chi connectivity index (χ4v) is 2.96. The molecule has 2 aromatic carbocycles. The highest BCUT2D eigenvalue weighted by atomic mass is 32.2. The third kappa shape index (κ3) is 6.88. The van der Waals surface area contributed by atoms with Gasteiger partial charge in [-0.25, -0.2) is 4.39 Å². The number of thioether (sulfide) groups is 1. The van der Waals surface area contributed by atoms with Gasteiger partial charge in [0.15, 0.2) is 6.61 Å². The molecule has 4 nitrogen and oxygen atoms in total. The lowest BCUT2D eigenvalue weighted by Crippen LogP contribution is -2.21. The quantitative estimate of drug-likeness (QED) is 0.520. The Bertz CT molecular complexity index is 734. The Kier molecular flexibility index (Phi) is 8.15. The maximum atomic E-state index is 13.5. The third-order valence-electron chi connectivity index (χ3n) is 3.60. The number of carbonyl (C=O) groups is 2.